The molecule has 0 aliphatic heterocycles. The van der Waals surface area contributed by atoms with E-state index in [9.17, 15) is 30.6 Å². The molecule has 0 aliphatic rings. The minimum Gasteiger partial charge on any atom is -0.508 e. The number of aromatic hydroxyl groups is 6. The van der Waals surface area contributed by atoms with Gasteiger partial charge in [-0.1, -0.05) is 24.3 Å². The summed E-state index contributed by atoms with van der Waals surface area (Å²) in [4.78, 5) is 0. The van der Waals surface area contributed by atoms with Crippen molar-refractivity contribution >= 4 is 0 Å². The Labute approximate surface area is 136 Å². The maximum absolute atomic E-state index is 10.3. The minimum absolute atomic E-state index is 0.00751. The van der Waals surface area contributed by atoms with Gasteiger partial charge in [0, 0.05) is 0 Å². The zero-order valence-corrected chi connectivity index (χ0v) is 12.3. The highest BCUT2D eigenvalue weighted by Crippen LogP contribution is 2.54. The number of hydrogen-bond donors (Lipinski definition) is 6. The summed E-state index contributed by atoms with van der Waals surface area (Å²) in [5, 5.41) is 59.8. The van der Waals surface area contributed by atoms with Crippen molar-refractivity contribution < 1.29 is 30.6 Å². The van der Waals surface area contributed by atoms with Crippen molar-refractivity contribution in [1.29, 1.82) is 0 Å². The fraction of sp³-hybridized carbons (Fsp3) is 0. The van der Waals surface area contributed by atoms with Gasteiger partial charge in [0.2, 0.25) is 0 Å². The molecule has 0 saturated carbocycles. The molecule has 3 aromatic carbocycles. The van der Waals surface area contributed by atoms with E-state index in [1.54, 1.807) is 0 Å². The zero-order chi connectivity index (χ0) is 17.4. The third-order valence-electron chi connectivity index (χ3n) is 3.71. The lowest BCUT2D eigenvalue weighted by Crippen LogP contribution is -1.88. The summed E-state index contributed by atoms with van der Waals surface area (Å²) in [5.74, 6) is -2.46. The largest absolute Gasteiger partial charge is 0.508 e. The van der Waals surface area contributed by atoms with Crippen LogP contribution >= 0.6 is 0 Å². The van der Waals surface area contributed by atoms with E-state index in [0.29, 0.717) is 11.1 Å². The Morgan fingerprint density at radius 1 is 0.375 bits per heavy atom. The van der Waals surface area contributed by atoms with Gasteiger partial charge in [0.25, 0.3) is 0 Å². The van der Waals surface area contributed by atoms with Crippen LogP contribution in [0, 0.1) is 0 Å². The number of rotatable bonds is 2. The van der Waals surface area contributed by atoms with E-state index < -0.39 is 23.0 Å². The molecular formula is C18H14O6. The summed E-state index contributed by atoms with van der Waals surface area (Å²) in [6, 6.07) is 11.1. The molecular weight excluding hydrogens is 312 g/mol. The molecule has 3 aromatic rings. The first kappa shape index (κ1) is 15.4. The predicted molar refractivity (Wildman–Crippen MR) is 87.3 cm³/mol. The monoisotopic (exact) mass is 326 g/mol. The molecule has 3 rings (SSSR count). The summed E-state index contributed by atoms with van der Waals surface area (Å²) in [6.07, 6.45) is 0. The van der Waals surface area contributed by atoms with Crippen LogP contribution in [-0.2, 0) is 0 Å². The van der Waals surface area contributed by atoms with E-state index >= 15 is 0 Å². The normalized spacial score (nSPS) is 10.7. The summed E-state index contributed by atoms with van der Waals surface area (Å²) in [6.45, 7) is 0. The second-order valence-electron chi connectivity index (χ2n) is 5.24. The minimum atomic E-state index is -0.612. The first-order valence-corrected chi connectivity index (χ1v) is 6.98. The fourth-order valence-electron chi connectivity index (χ4n) is 2.50. The first-order valence-electron chi connectivity index (χ1n) is 6.98. The predicted octanol–water partition coefficient (Wildman–Crippen LogP) is 3.25. The highest BCUT2D eigenvalue weighted by atomic mass is 16.3. The Kier molecular flexibility index (Phi) is 3.57. The van der Waals surface area contributed by atoms with Crippen LogP contribution in [0.2, 0.25) is 0 Å². The average Bonchev–Trinajstić information content (AvgIpc) is 2.57. The standard InChI is InChI=1S/C18H14O6/c19-11-5-1-9(2-6-11)13-15(21)17(23)14(18(24)16(13)22)10-3-7-12(20)8-4-10/h1-8,19-24H. The lowest BCUT2D eigenvalue weighted by atomic mass is 9.95. The SMILES string of the molecule is Oc1ccc(-c2c(O)c(O)c(-c3ccc(O)cc3)c(O)c2O)cc1. The molecule has 6 nitrogen and oxygen atoms in total. The summed E-state index contributed by atoms with van der Waals surface area (Å²) in [5.41, 5.74) is 0.274. The van der Waals surface area contributed by atoms with Crippen molar-refractivity contribution in [3.05, 3.63) is 48.5 Å². The van der Waals surface area contributed by atoms with E-state index in [4.69, 9.17) is 0 Å². The van der Waals surface area contributed by atoms with Gasteiger partial charge in [-0.3, -0.25) is 0 Å². The van der Waals surface area contributed by atoms with Gasteiger partial charge in [-0.05, 0) is 35.4 Å². The van der Waals surface area contributed by atoms with Gasteiger partial charge in [-0.15, -0.1) is 0 Å². The molecule has 0 fully saturated rings. The van der Waals surface area contributed by atoms with Crippen molar-refractivity contribution in [2.75, 3.05) is 0 Å². The summed E-state index contributed by atoms with van der Waals surface area (Å²) >= 11 is 0. The third kappa shape index (κ3) is 2.40. The third-order valence-corrected chi connectivity index (χ3v) is 3.71. The second-order valence-corrected chi connectivity index (χ2v) is 5.24. The van der Waals surface area contributed by atoms with Crippen molar-refractivity contribution in [3.8, 4) is 56.8 Å². The molecule has 24 heavy (non-hydrogen) atoms. The second kappa shape index (κ2) is 5.58. The van der Waals surface area contributed by atoms with Crippen molar-refractivity contribution in [2.24, 2.45) is 0 Å². The average molecular weight is 326 g/mol. The van der Waals surface area contributed by atoms with Crippen LogP contribution in [0.4, 0.5) is 0 Å². The molecule has 0 aliphatic carbocycles. The smallest absolute Gasteiger partial charge is 0.170 e. The Morgan fingerprint density at radius 2 is 0.625 bits per heavy atom. The highest BCUT2D eigenvalue weighted by Gasteiger charge is 2.25. The van der Waals surface area contributed by atoms with E-state index in [2.05, 4.69) is 0 Å². The highest BCUT2D eigenvalue weighted by molar-refractivity contribution is 5.92. The molecule has 0 spiro atoms. The fourth-order valence-corrected chi connectivity index (χ4v) is 2.50. The molecule has 6 N–H and O–H groups in total. The molecule has 0 unspecified atom stereocenters. The molecule has 0 amide bonds. The van der Waals surface area contributed by atoms with E-state index in [0.717, 1.165) is 0 Å². The Bertz CT molecular complexity index is 793. The van der Waals surface area contributed by atoms with Crippen molar-refractivity contribution in [2.45, 2.75) is 0 Å². The van der Waals surface area contributed by atoms with Crippen LogP contribution in [0.5, 0.6) is 34.5 Å². The maximum atomic E-state index is 10.3. The zero-order valence-electron chi connectivity index (χ0n) is 12.3. The van der Waals surface area contributed by atoms with Gasteiger partial charge in [-0.25, -0.2) is 0 Å². The van der Waals surface area contributed by atoms with E-state index in [-0.39, 0.29) is 22.6 Å². The Hall–Kier alpha value is -3.54. The molecule has 0 heterocycles. The first-order chi connectivity index (χ1) is 11.4. The van der Waals surface area contributed by atoms with Gasteiger partial charge in [-0.2, -0.15) is 0 Å². The molecule has 6 heteroatoms. The van der Waals surface area contributed by atoms with Crippen LogP contribution in [-0.4, -0.2) is 30.6 Å². The van der Waals surface area contributed by atoms with Gasteiger partial charge in [0.15, 0.2) is 23.0 Å². The Balaban J connectivity index is 2.26. The van der Waals surface area contributed by atoms with Gasteiger partial charge in [0.1, 0.15) is 11.5 Å². The molecule has 0 bridgehead atoms. The van der Waals surface area contributed by atoms with Crippen LogP contribution in [0.25, 0.3) is 22.3 Å². The topological polar surface area (TPSA) is 121 Å². The van der Waals surface area contributed by atoms with Gasteiger partial charge < -0.3 is 30.6 Å². The number of phenols is 6. The quantitative estimate of drug-likeness (QED) is 0.317. The van der Waals surface area contributed by atoms with E-state index in [1.165, 1.54) is 48.5 Å². The van der Waals surface area contributed by atoms with Crippen LogP contribution in [0.1, 0.15) is 0 Å². The molecule has 0 aromatic heterocycles. The number of benzene rings is 3. The molecule has 122 valence electrons. The van der Waals surface area contributed by atoms with Gasteiger partial charge in [0.05, 0.1) is 11.1 Å². The van der Waals surface area contributed by atoms with E-state index in [1.807, 2.05) is 0 Å². The summed E-state index contributed by atoms with van der Waals surface area (Å²) in [7, 11) is 0. The molecule has 0 atom stereocenters. The number of phenolic OH excluding ortho intramolecular Hbond substituents is 6. The van der Waals surface area contributed by atoms with Crippen LogP contribution in [0.15, 0.2) is 48.5 Å². The maximum Gasteiger partial charge on any atom is 0.170 e. The number of hydrogen-bond acceptors (Lipinski definition) is 6. The van der Waals surface area contributed by atoms with Crippen molar-refractivity contribution in [3.63, 3.8) is 0 Å². The van der Waals surface area contributed by atoms with Crippen LogP contribution in [0.3, 0.4) is 0 Å². The van der Waals surface area contributed by atoms with Crippen molar-refractivity contribution in [1.82, 2.24) is 0 Å². The molecule has 0 radical (unpaired) electrons. The molecule has 0 saturated heterocycles. The lowest BCUT2D eigenvalue weighted by Gasteiger charge is -2.16. The van der Waals surface area contributed by atoms with Gasteiger partial charge >= 0.3 is 0 Å². The Morgan fingerprint density at radius 3 is 0.875 bits per heavy atom. The van der Waals surface area contributed by atoms with Crippen LogP contribution < -0.4 is 0 Å². The lowest BCUT2D eigenvalue weighted by molar-refractivity contribution is 0.378. The summed E-state index contributed by atoms with van der Waals surface area (Å²) < 4.78 is 0.